The number of para-hydroxylation sites is 1. The van der Waals surface area contributed by atoms with Crippen LogP contribution in [0.1, 0.15) is 23.3 Å². The van der Waals surface area contributed by atoms with Gasteiger partial charge in [-0.15, -0.1) is 11.3 Å². The van der Waals surface area contributed by atoms with Crippen LogP contribution in [0, 0.1) is 0 Å². The Morgan fingerprint density at radius 2 is 1.65 bits per heavy atom. The second kappa shape index (κ2) is 8.68. The average Bonchev–Trinajstić information content (AvgIpc) is 3.49. The van der Waals surface area contributed by atoms with Gasteiger partial charge in [0.15, 0.2) is 5.69 Å². The van der Waals surface area contributed by atoms with Crippen LogP contribution in [0.15, 0.2) is 36.7 Å². The van der Waals surface area contributed by atoms with Gasteiger partial charge >= 0.3 is 0 Å². The van der Waals surface area contributed by atoms with E-state index >= 15 is 0 Å². The van der Waals surface area contributed by atoms with E-state index in [2.05, 4.69) is 19.9 Å². The quantitative estimate of drug-likeness (QED) is 0.623. The molecule has 3 aromatic rings. The fraction of sp³-hybridized carbons (Fsp3) is 0.409. The number of hydrogen-bond donors (Lipinski definition) is 0. The normalized spacial score (nSPS) is 17.4. The summed E-state index contributed by atoms with van der Waals surface area (Å²) >= 11 is 1.51. The van der Waals surface area contributed by atoms with Gasteiger partial charge in [0.2, 0.25) is 5.91 Å². The molecule has 8 nitrogen and oxygen atoms in total. The van der Waals surface area contributed by atoms with E-state index in [0.29, 0.717) is 49.1 Å². The molecule has 9 heteroatoms. The van der Waals surface area contributed by atoms with Gasteiger partial charge in [-0.3, -0.25) is 14.5 Å². The molecule has 2 fully saturated rings. The molecule has 31 heavy (non-hydrogen) atoms. The summed E-state index contributed by atoms with van der Waals surface area (Å²) in [5.74, 6) is 0.0669. The summed E-state index contributed by atoms with van der Waals surface area (Å²) in [6.45, 7) is 4.69. The van der Waals surface area contributed by atoms with Crippen molar-refractivity contribution in [3.8, 4) is 10.7 Å². The molecule has 0 spiro atoms. The first-order valence-electron chi connectivity index (χ1n) is 10.7. The van der Waals surface area contributed by atoms with Crippen LogP contribution in [-0.2, 0) is 4.79 Å². The minimum atomic E-state index is -0.132. The molecule has 2 amide bonds. The zero-order valence-electron chi connectivity index (χ0n) is 17.2. The van der Waals surface area contributed by atoms with Crippen LogP contribution in [0.5, 0.6) is 0 Å². The molecule has 0 unspecified atom stereocenters. The first kappa shape index (κ1) is 20.0. The molecular formula is C22H24N6O2S. The van der Waals surface area contributed by atoms with E-state index in [1.165, 1.54) is 11.3 Å². The number of aromatic nitrogens is 3. The van der Waals surface area contributed by atoms with Crippen molar-refractivity contribution in [3.05, 3.63) is 42.4 Å². The molecular weight excluding hydrogens is 412 g/mol. The number of carbonyl (C=O) groups is 2. The van der Waals surface area contributed by atoms with Crippen molar-refractivity contribution in [2.75, 3.05) is 45.8 Å². The molecule has 0 N–H and O–H groups in total. The van der Waals surface area contributed by atoms with E-state index in [1.54, 1.807) is 17.3 Å². The van der Waals surface area contributed by atoms with E-state index in [9.17, 15) is 9.59 Å². The van der Waals surface area contributed by atoms with Crippen LogP contribution in [-0.4, -0.2) is 87.3 Å². The Labute approximate surface area is 184 Å². The van der Waals surface area contributed by atoms with Crippen LogP contribution < -0.4 is 0 Å². The Morgan fingerprint density at radius 1 is 0.903 bits per heavy atom. The summed E-state index contributed by atoms with van der Waals surface area (Å²) in [6, 6.07) is 7.89. The molecule has 0 saturated carbocycles. The summed E-state index contributed by atoms with van der Waals surface area (Å²) in [7, 11) is 0. The largest absolute Gasteiger partial charge is 0.342 e. The number of piperazine rings is 1. The van der Waals surface area contributed by atoms with Crippen LogP contribution in [0.2, 0.25) is 0 Å². The van der Waals surface area contributed by atoms with Crippen molar-refractivity contribution >= 4 is 33.4 Å². The second-order valence-corrected chi connectivity index (χ2v) is 8.93. The summed E-state index contributed by atoms with van der Waals surface area (Å²) in [5, 5.41) is 0.701. The Hall–Kier alpha value is -2.91. The van der Waals surface area contributed by atoms with Crippen molar-refractivity contribution in [2.45, 2.75) is 12.8 Å². The predicted molar refractivity (Wildman–Crippen MR) is 119 cm³/mol. The monoisotopic (exact) mass is 436 g/mol. The lowest BCUT2D eigenvalue weighted by molar-refractivity contribution is -0.131. The summed E-state index contributed by atoms with van der Waals surface area (Å²) in [5.41, 5.74) is 1.76. The smallest absolute Gasteiger partial charge is 0.274 e. The maximum Gasteiger partial charge on any atom is 0.274 e. The van der Waals surface area contributed by atoms with Gasteiger partial charge in [-0.1, -0.05) is 12.1 Å². The zero-order chi connectivity index (χ0) is 21.2. The number of likely N-dealkylation sites (tertiary alicyclic amines) is 1. The van der Waals surface area contributed by atoms with E-state index in [0.717, 1.165) is 36.1 Å². The molecule has 0 atom stereocenters. The van der Waals surface area contributed by atoms with Crippen LogP contribution in [0.4, 0.5) is 0 Å². The fourth-order valence-corrected chi connectivity index (χ4v) is 5.10. The maximum absolute atomic E-state index is 13.3. The minimum Gasteiger partial charge on any atom is -0.342 e. The molecule has 1 aromatic carbocycles. The SMILES string of the molecule is O=C(CN1CCN(C(=O)c2nccnc2-c2nc3ccccc3s2)CC1)N1CCCC1. The molecule has 2 saturated heterocycles. The van der Waals surface area contributed by atoms with E-state index in [4.69, 9.17) is 0 Å². The molecule has 0 bridgehead atoms. The Bertz CT molecular complexity index is 1070. The van der Waals surface area contributed by atoms with Crippen LogP contribution in [0.3, 0.4) is 0 Å². The van der Waals surface area contributed by atoms with Gasteiger partial charge in [0.05, 0.1) is 16.8 Å². The van der Waals surface area contributed by atoms with Crippen molar-refractivity contribution < 1.29 is 9.59 Å². The highest BCUT2D eigenvalue weighted by Gasteiger charge is 2.28. The van der Waals surface area contributed by atoms with Gasteiger partial charge < -0.3 is 9.80 Å². The maximum atomic E-state index is 13.3. The predicted octanol–water partition coefficient (Wildman–Crippen LogP) is 2.13. The molecule has 160 valence electrons. The fourth-order valence-electron chi connectivity index (χ4n) is 4.14. The van der Waals surface area contributed by atoms with Gasteiger partial charge in [0, 0.05) is 51.7 Å². The van der Waals surface area contributed by atoms with Crippen LogP contribution >= 0.6 is 11.3 Å². The number of hydrogen-bond acceptors (Lipinski definition) is 7. The molecule has 2 aromatic heterocycles. The Kier molecular flexibility index (Phi) is 5.61. The lowest BCUT2D eigenvalue weighted by Gasteiger charge is -2.34. The third kappa shape index (κ3) is 4.15. The highest BCUT2D eigenvalue weighted by Crippen LogP contribution is 2.30. The number of carbonyl (C=O) groups excluding carboxylic acids is 2. The number of amides is 2. The van der Waals surface area contributed by atoms with Gasteiger partial charge in [-0.25, -0.2) is 15.0 Å². The lowest BCUT2D eigenvalue weighted by Crippen LogP contribution is -2.51. The number of rotatable bonds is 4. The van der Waals surface area contributed by atoms with E-state index in [1.807, 2.05) is 29.2 Å². The third-order valence-corrected chi connectivity index (χ3v) is 6.92. The molecule has 5 rings (SSSR count). The average molecular weight is 437 g/mol. The molecule has 2 aliphatic heterocycles. The van der Waals surface area contributed by atoms with Gasteiger partial charge in [0.25, 0.3) is 5.91 Å². The lowest BCUT2D eigenvalue weighted by atomic mass is 10.2. The van der Waals surface area contributed by atoms with Gasteiger partial charge in [-0.05, 0) is 25.0 Å². The molecule has 0 radical (unpaired) electrons. The number of fused-ring (bicyclic) bond motifs is 1. The van der Waals surface area contributed by atoms with E-state index in [-0.39, 0.29) is 11.8 Å². The van der Waals surface area contributed by atoms with Crippen molar-refractivity contribution in [3.63, 3.8) is 0 Å². The molecule has 0 aliphatic carbocycles. The molecule has 4 heterocycles. The standard InChI is InChI=1S/C22H24N6O2S/c29-18(27-9-3-4-10-27)15-26-11-13-28(14-12-26)22(30)20-19(23-7-8-24-20)21-25-16-5-1-2-6-17(16)31-21/h1-2,5-8H,3-4,9-15H2. The van der Waals surface area contributed by atoms with Crippen molar-refractivity contribution in [1.29, 1.82) is 0 Å². The number of nitrogens with zero attached hydrogens (tertiary/aromatic N) is 6. The third-order valence-electron chi connectivity index (χ3n) is 5.87. The van der Waals surface area contributed by atoms with Gasteiger partial charge in [-0.2, -0.15) is 0 Å². The summed E-state index contributed by atoms with van der Waals surface area (Å²) < 4.78 is 1.05. The van der Waals surface area contributed by atoms with Gasteiger partial charge in [0.1, 0.15) is 10.7 Å². The van der Waals surface area contributed by atoms with Crippen LogP contribution in [0.25, 0.3) is 20.9 Å². The second-order valence-electron chi connectivity index (χ2n) is 7.90. The number of thiazole rings is 1. The zero-order valence-corrected chi connectivity index (χ0v) is 18.1. The highest BCUT2D eigenvalue weighted by molar-refractivity contribution is 7.21. The number of benzene rings is 1. The summed E-state index contributed by atoms with van der Waals surface area (Å²) in [6.07, 6.45) is 5.35. The Morgan fingerprint density at radius 3 is 2.42 bits per heavy atom. The topological polar surface area (TPSA) is 82.5 Å². The first-order chi connectivity index (χ1) is 15.2. The molecule has 2 aliphatic rings. The summed E-state index contributed by atoms with van der Waals surface area (Å²) in [4.78, 5) is 45.0. The minimum absolute atomic E-state index is 0.132. The van der Waals surface area contributed by atoms with Crippen molar-refractivity contribution in [2.24, 2.45) is 0 Å². The van der Waals surface area contributed by atoms with E-state index < -0.39 is 0 Å². The van der Waals surface area contributed by atoms with Crippen molar-refractivity contribution in [1.82, 2.24) is 29.7 Å². The highest BCUT2D eigenvalue weighted by atomic mass is 32.1. The Balaban J connectivity index is 1.27. The first-order valence-corrected chi connectivity index (χ1v) is 11.5.